The van der Waals surface area contributed by atoms with Crippen molar-refractivity contribution in [2.24, 2.45) is 0 Å². The fourth-order valence-electron chi connectivity index (χ4n) is 2.00. The molecule has 0 atom stereocenters. The average Bonchev–Trinajstić information content (AvgIpc) is 2.90. The number of hydrogen-bond donors (Lipinski definition) is 1. The van der Waals surface area contributed by atoms with Crippen LogP contribution in [0.3, 0.4) is 0 Å². The Bertz CT molecular complexity index is 1020. The van der Waals surface area contributed by atoms with Gasteiger partial charge in [-0.05, 0) is 36.4 Å². The summed E-state index contributed by atoms with van der Waals surface area (Å²) in [6, 6.07) is 4.27. The molecule has 0 aliphatic heterocycles. The van der Waals surface area contributed by atoms with Crippen molar-refractivity contribution in [3.8, 4) is 5.75 Å². The van der Waals surface area contributed by atoms with Crippen LogP contribution >= 0.6 is 0 Å². The van der Waals surface area contributed by atoms with Crippen LogP contribution in [0.2, 0.25) is 0 Å². The predicted octanol–water partition coefficient (Wildman–Crippen LogP) is 4.57. The summed E-state index contributed by atoms with van der Waals surface area (Å²) < 4.78 is 165. The van der Waals surface area contributed by atoms with Crippen molar-refractivity contribution in [1.82, 2.24) is 0 Å². The summed E-state index contributed by atoms with van der Waals surface area (Å²) in [5, 5.41) is 8.62. The van der Waals surface area contributed by atoms with Crippen LogP contribution in [-0.4, -0.2) is 58.0 Å². The highest BCUT2D eigenvalue weighted by atomic mass is 16.6. The first-order valence-electron chi connectivity index (χ1n) is 17.7. The van der Waals surface area contributed by atoms with Gasteiger partial charge in [-0.25, -0.2) is 0 Å². The van der Waals surface area contributed by atoms with Crippen molar-refractivity contribution in [3.63, 3.8) is 0 Å². The summed E-state index contributed by atoms with van der Waals surface area (Å²) in [5.41, 5.74) is -0.561. The van der Waals surface area contributed by atoms with E-state index in [9.17, 15) is 0 Å². The molecule has 0 unspecified atom stereocenters. The molecule has 0 heterocycles. The molecule has 5 heteroatoms. The van der Waals surface area contributed by atoms with Crippen molar-refractivity contribution in [2.75, 3.05) is 52.9 Å². The van der Waals surface area contributed by atoms with Crippen LogP contribution in [0.15, 0.2) is 24.3 Å². The second-order valence-corrected chi connectivity index (χ2v) is 5.20. The summed E-state index contributed by atoms with van der Waals surface area (Å²) in [6.07, 6.45) is -24.0. The van der Waals surface area contributed by atoms with Gasteiger partial charge >= 0.3 is 0 Å². The third-order valence-electron chi connectivity index (χ3n) is 3.25. The molecule has 0 saturated heterocycles. The van der Waals surface area contributed by atoms with E-state index in [0.717, 1.165) is 24.3 Å². The van der Waals surface area contributed by atoms with Crippen LogP contribution in [0.4, 0.5) is 0 Å². The molecule has 0 spiro atoms. The second-order valence-electron chi connectivity index (χ2n) is 5.20. The molecule has 0 amide bonds. The molecule has 0 aliphatic carbocycles. The van der Waals surface area contributed by atoms with Gasteiger partial charge in [0.05, 0.1) is 46.2 Å². The lowest BCUT2D eigenvalue weighted by Gasteiger charge is -2.17. The first-order chi connectivity index (χ1) is 20.7. The van der Waals surface area contributed by atoms with Gasteiger partial charge in [-0.1, -0.05) is 51.3 Å². The van der Waals surface area contributed by atoms with Gasteiger partial charge in [-0.3, -0.25) is 0 Å². The fourth-order valence-corrected chi connectivity index (χ4v) is 2.00. The van der Waals surface area contributed by atoms with Crippen LogP contribution in [0.25, 0.3) is 0 Å². The first kappa shape index (κ1) is 8.93. The van der Waals surface area contributed by atoms with Crippen LogP contribution in [-0.2, 0) is 14.2 Å². The van der Waals surface area contributed by atoms with Crippen molar-refractivity contribution in [1.29, 1.82) is 0 Å². The maximum Gasteiger partial charge on any atom is 0.119 e. The minimum Gasteiger partial charge on any atom is -0.491 e. The van der Waals surface area contributed by atoms with E-state index < -0.39 is 63.4 Å². The number of benzene rings is 1. The van der Waals surface area contributed by atoms with Crippen LogP contribution in [0.5, 0.6) is 5.75 Å². The fraction of sp³-hybridized carbons (Fsp3) is 0.739. The van der Waals surface area contributed by atoms with Gasteiger partial charge in [0, 0.05) is 24.7 Å². The lowest BCUT2D eigenvalue weighted by molar-refractivity contribution is 0.00361. The summed E-state index contributed by atoms with van der Waals surface area (Å²) in [6.45, 7) is -6.31. The molecule has 1 rings (SSSR count). The highest BCUT2D eigenvalue weighted by Crippen LogP contribution is 2.29. The van der Waals surface area contributed by atoms with Crippen molar-refractivity contribution in [2.45, 2.75) is 57.9 Å². The topological polar surface area (TPSA) is 57.2 Å². The van der Waals surface area contributed by atoms with Crippen molar-refractivity contribution in [3.05, 3.63) is 29.8 Å². The van der Waals surface area contributed by atoms with Crippen LogP contribution in [0, 0.1) is 0 Å². The number of rotatable bonds is 19. The standard InChI is InChI=1S/C23H40O5/c1-3-5-7-21(8-6-4-2)22-9-11-23(12-10-22)28-20-19-27-18-17-26-16-15-25-14-13-24/h9-12,21,24H,3-8,13-20H2,1-2H3/i1D3,2D3,3D2,4D2,5D2,6D2,7D2,8D2. The lowest BCUT2D eigenvalue weighted by Crippen LogP contribution is -2.13. The molecule has 1 aromatic rings. The quantitative estimate of drug-likeness (QED) is 0.336. The Morgan fingerprint density at radius 3 is 1.89 bits per heavy atom. The van der Waals surface area contributed by atoms with Gasteiger partial charge in [0.2, 0.25) is 0 Å². The molecule has 0 aliphatic rings. The molecule has 1 N–H and O–H groups in total. The molecule has 28 heavy (non-hydrogen) atoms. The Morgan fingerprint density at radius 2 is 1.36 bits per heavy atom. The van der Waals surface area contributed by atoms with E-state index in [2.05, 4.69) is 0 Å². The van der Waals surface area contributed by atoms with Crippen LogP contribution < -0.4 is 4.74 Å². The molecular weight excluding hydrogens is 356 g/mol. The average molecular weight is 415 g/mol. The SMILES string of the molecule is [2H]C([2H])([2H])C([2H])([2H])C([2H])([2H])C([2H])([2H])C(c1ccc(OCCOCCOCCOCCO)cc1)C([2H])([2H])C([2H])([2H])C([2H])([2H])C([2H])([2H])[2H]. The Morgan fingerprint density at radius 1 is 0.821 bits per heavy atom. The third-order valence-corrected chi connectivity index (χ3v) is 3.25. The van der Waals surface area contributed by atoms with E-state index in [4.69, 9.17) is 48.7 Å². The molecule has 0 fully saturated rings. The molecule has 0 bridgehead atoms. The number of hydrogen-bond acceptors (Lipinski definition) is 5. The summed E-state index contributed by atoms with van der Waals surface area (Å²) in [5.74, 6) is -2.70. The summed E-state index contributed by atoms with van der Waals surface area (Å²) in [7, 11) is 0. The van der Waals surface area contributed by atoms with Gasteiger partial charge in [0.15, 0.2) is 0 Å². The van der Waals surface area contributed by atoms with E-state index in [-0.39, 0.29) is 45.4 Å². The van der Waals surface area contributed by atoms with E-state index in [1.807, 2.05) is 0 Å². The molecule has 162 valence electrons. The van der Waals surface area contributed by atoms with Gasteiger partial charge in [-0.15, -0.1) is 0 Å². The van der Waals surface area contributed by atoms with Gasteiger partial charge in [0.25, 0.3) is 0 Å². The van der Waals surface area contributed by atoms with Gasteiger partial charge in [-0.2, -0.15) is 0 Å². The minimum atomic E-state index is -4.07. The zero-order valence-electron chi connectivity index (χ0n) is 33.6. The maximum atomic E-state index is 8.62. The predicted molar refractivity (Wildman–Crippen MR) is 113 cm³/mol. The number of ether oxygens (including phenoxy) is 4. The molecule has 0 radical (unpaired) electrons. The van der Waals surface area contributed by atoms with E-state index in [0.29, 0.717) is 13.2 Å². The minimum absolute atomic E-state index is 0.00722. The number of aliphatic hydroxyl groups excluding tert-OH is 1. The highest BCUT2D eigenvalue weighted by Gasteiger charge is 2.10. The molecule has 1 aromatic carbocycles. The monoisotopic (exact) mass is 414 g/mol. The molecule has 0 aromatic heterocycles. The van der Waals surface area contributed by atoms with E-state index >= 15 is 0 Å². The largest absolute Gasteiger partial charge is 0.491 e. The smallest absolute Gasteiger partial charge is 0.119 e. The molecule has 0 saturated carbocycles. The van der Waals surface area contributed by atoms with Gasteiger partial charge < -0.3 is 24.1 Å². The Hall–Kier alpha value is -1.14. The number of aliphatic hydroxyl groups is 1. The molecule has 5 nitrogen and oxygen atoms in total. The normalized spacial score (nSPS) is 24.8. The van der Waals surface area contributed by atoms with Gasteiger partial charge in [0.1, 0.15) is 12.4 Å². The van der Waals surface area contributed by atoms with E-state index in [1.54, 1.807) is 0 Å². The van der Waals surface area contributed by atoms with Crippen molar-refractivity contribution < 1.29 is 48.7 Å². The Kier molecular flexibility index (Phi) is 5.71. The lowest BCUT2D eigenvalue weighted by atomic mass is 9.89. The Labute approximate surface area is 196 Å². The third kappa shape index (κ3) is 12.3. The van der Waals surface area contributed by atoms with Crippen molar-refractivity contribution >= 4 is 0 Å². The zero-order chi connectivity index (χ0) is 36.0. The maximum absolute atomic E-state index is 8.62. The first-order valence-corrected chi connectivity index (χ1v) is 8.73. The summed E-state index contributed by atoms with van der Waals surface area (Å²) in [4.78, 5) is 0. The Balaban J connectivity index is 3.36. The molecular formula is C23H40O5. The van der Waals surface area contributed by atoms with Crippen LogP contribution in [0.1, 0.15) is 88.1 Å². The second kappa shape index (κ2) is 17.9. The highest BCUT2D eigenvalue weighted by molar-refractivity contribution is 5.29. The zero-order valence-corrected chi connectivity index (χ0v) is 15.6. The summed E-state index contributed by atoms with van der Waals surface area (Å²) >= 11 is 0. The van der Waals surface area contributed by atoms with E-state index in [1.165, 1.54) is 0 Å².